The number of halogens is 2. The molecule has 2 N–H and O–H groups in total. The van der Waals surface area contributed by atoms with E-state index in [0.717, 1.165) is 11.3 Å². The van der Waals surface area contributed by atoms with Gasteiger partial charge in [-0.1, -0.05) is 17.7 Å². The largest absolute Gasteiger partial charge is 0.398 e. The second-order valence-corrected chi connectivity index (χ2v) is 4.60. The van der Waals surface area contributed by atoms with E-state index in [1.165, 1.54) is 12.1 Å². The van der Waals surface area contributed by atoms with Gasteiger partial charge in [-0.05, 0) is 42.0 Å². The molecule has 0 spiro atoms. The summed E-state index contributed by atoms with van der Waals surface area (Å²) in [4.78, 5) is 2.02. The van der Waals surface area contributed by atoms with Gasteiger partial charge in [-0.2, -0.15) is 0 Å². The summed E-state index contributed by atoms with van der Waals surface area (Å²) in [6, 6.07) is 11.9. The third-order valence-corrected chi connectivity index (χ3v) is 3.08. The number of anilines is 2. The molecule has 0 aliphatic carbocycles. The lowest BCUT2D eigenvalue weighted by Crippen LogP contribution is -2.16. The molecule has 0 aliphatic heterocycles. The first-order chi connectivity index (χ1) is 8.56. The molecule has 0 atom stereocenters. The molecular formula is C14H14ClFN2. The molecule has 2 nitrogen and oxygen atoms in total. The summed E-state index contributed by atoms with van der Waals surface area (Å²) in [6.45, 7) is 0.686. The standard InChI is InChI=1S/C14H14ClFN2/c1-18(12-5-3-11(16)4-6-12)9-10-2-7-14(17)13(15)8-10/h2-8H,9,17H2,1H3. The highest BCUT2D eigenvalue weighted by Gasteiger charge is 2.04. The lowest BCUT2D eigenvalue weighted by atomic mass is 10.2. The van der Waals surface area contributed by atoms with Gasteiger partial charge in [0, 0.05) is 19.3 Å². The molecule has 2 aromatic carbocycles. The van der Waals surface area contributed by atoms with Gasteiger partial charge in [0.05, 0.1) is 10.7 Å². The van der Waals surface area contributed by atoms with Crippen LogP contribution in [0.3, 0.4) is 0 Å². The van der Waals surface area contributed by atoms with Gasteiger partial charge in [-0.3, -0.25) is 0 Å². The molecule has 0 saturated heterocycles. The quantitative estimate of drug-likeness (QED) is 0.857. The van der Waals surface area contributed by atoms with Gasteiger partial charge in [0.1, 0.15) is 5.82 Å². The third kappa shape index (κ3) is 2.93. The number of hydrogen-bond acceptors (Lipinski definition) is 2. The van der Waals surface area contributed by atoms with Gasteiger partial charge >= 0.3 is 0 Å². The fourth-order valence-corrected chi connectivity index (χ4v) is 1.93. The Kier molecular flexibility index (Phi) is 3.72. The second-order valence-electron chi connectivity index (χ2n) is 4.19. The maximum atomic E-state index is 12.8. The predicted molar refractivity (Wildman–Crippen MR) is 74.4 cm³/mol. The molecule has 0 aromatic heterocycles. The summed E-state index contributed by atoms with van der Waals surface area (Å²) < 4.78 is 12.8. The summed E-state index contributed by atoms with van der Waals surface area (Å²) in [6.07, 6.45) is 0. The Labute approximate surface area is 111 Å². The van der Waals surface area contributed by atoms with Crippen LogP contribution in [-0.2, 0) is 6.54 Å². The number of benzene rings is 2. The van der Waals surface area contributed by atoms with Crippen LogP contribution in [0, 0.1) is 5.82 Å². The fraction of sp³-hybridized carbons (Fsp3) is 0.143. The Morgan fingerprint density at radius 2 is 1.83 bits per heavy atom. The summed E-state index contributed by atoms with van der Waals surface area (Å²) in [5.74, 6) is -0.234. The van der Waals surface area contributed by atoms with Gasteiger partial charge in [0.25, 0.3) is 0 Å². The van der Waals surface area contributed by atoms with Crippen molar-refractivity contribution in [3.05, 3.63) is 58.9 Å². The van der Waals surface area contributed by atoms with E-state index < -0.39 is 0 Å². The highest BCUT2D eigenvalue weighted by molar-refractivity contribution is 6.33. The molecule has 0 unspecified atom stereocenters. The lowest BCUT2D eigenvalue weighted by molar-refractivity contribution is 0.627. The van der Waals surface area contributed by atoms with Gasteiger partial charge in [0.15, 0.2) is 0 Å². The highest BCUT2D eigenvalue weighted by Crippen LogP contribution is 2.22. The van der Waals surface area contributed by atoms with Crippen LogP contribution in [0.2, 0.25) is 5.02 Å². The SMILES string of the molecule is CN(Cc1ccc(N)c(Cl)c1)c1ccc(F)cc1. The maximum absolute atomic E-state index is 12.8. The van der Waals surface area contributed by atoms with Crippen molar-refractivity contribution in [3.8, 4) is 0 Å². The molecule has 0 saturated carbocycles. The van der Waals surface area contributed by atoms with Crippen LogP contribution in [0.4, 0.5) is 15.8 Å². The first kappa shape index (κ1) is 12.7. The Morgan fingerprint density at radius 3 is 2.44 bits per heavy atom. The number of hydrogen-bond donors (Lipinski definition) is 1. The van der Waals surface area contributed by atoms with E-state index in [1.54, 1.807) is 18.2 Å². The van der Waals surface area contributed by atoms with Crippen LogP contribution < -0.4 is 10.6 Å². The Morgan fingerprint density at radius 1 is 1.17 bits per heavy atom. The van der Waals surface area contributed by atoms with Gasteiger partial charge < -0.3 is 10.6 Å². The van der Waals surface area contributed by atoms with E-state index in [-0.39, 0.29) is 5.82 Å². The zero-order valence-electron chi connectivity index (χ0n) is 10.0. The summed E-state index contributed by atoms with van der Waals surface area (Å²) >= 11 is 5.97. The van der Waals surface area contributed by atoms with E-state index in [2.05, 4.69) is 0 Å². The van der Waals surface area contributed by atoms with E-state index >= 15 is 0 Å². The fourth-order valence-electron chi connectivity index (χ4n) is 1.73. The monoisotopic (exact) mass is 264 g/mol. The summed E-state index contributed by atoms with van der Waals surface area (Å²) in [5.41, 5.74) is 8.24. The van der Waals surface area contributed by atoms with E-state index in [9.17, 15) is 4.39 Å². The van der Waals surface area contributed by atoms with Crippen molar-refractivity contribution in [2.45, 2.75) is 6.54 Å². The molecular weight excluding hydrogens is 251 g/mol. The van der Waals surface area contributed by atoms with Crippen LogP contribution in [0.15, 0.2) is 42.5 Å². The van der Waals surface area contributed by atoms with E-state index in [0.29, 0.717) is 17.3 Å². The van der Waals surface area contributed by atoms with Crippen molar-refractivity contribution in [1.29, 1.82) is 0 Å². The minimum Gasteiger partial charge on any atom is -0.398 e. The molecule has 0 aliphatic rings. The predicted octanol–water partition coefficient (Wildman–Crippen LogP) is 3.70. The molecule has 0 amide bonds. The normalized spacial score (nSPS) is 10.4. The van der Waals surface area contributed by atoms with Gasteiger partial charge in [-0.25, -0.2) is 4.39 Å². The highest BCUT2D eigenvalue weighted by atomic mass is 35.5. The van der Waals surface area contributed by atoms with Crippen LogP contribution in [-0.4, -0.2) is 7.05 Å². The van der Waals surface area contributed by atoms with Crippen molar-refractivity contribution in [2.24, 2.45) is 0 Å². The second kappa shape index (κ2) is 5.27. The molecule has 18 heavy (non-hydrogen) atoms. The van der Waals surface area contributed by atoms with Gasteiger partial charge in [0.2, 0.25) is 0 Å². The number of rotatable bonds is 3. The van der Waals surface area contributed by atoms with Crippen molar-refractivity contribution < 1.29 is 4.39 Å². The zero-order valence-corrected chi connectivity index (χ0v) is 10.8. The van der Waals surface area contributed by atoms with E-state index in [4.69, 9.17) is 17.3 Å². The Bertz CT molecular complexity index is 540. The lowest BCUT2D eigenvalue weighted by Gasteiger charge is -2.19. The Hall–Kier alpha value is -1.74. The van der Waals surface area contributed by atoms with Crippen LogP contribution in [0.5, 0.6) is 0 Å². The third-order valence-electron chi connectivity index (χ3n) is 2.75. The summed E-state index contributed by atoms with van der Waals surface area (Å²) in [5, 5.41) is 0.556. The molecule has 4 heteroatoms. The molecule has 0 fully saturated rings. The Balaban J connectivity index is 2.13. The minimum atomic E-state index is -0.234. The zero-order chi connectivity index (χ0) is 13.1. The molecule has 0 heterocycles. The molecule has 2 aromatic rings. The van der Waals surface area contributed by atoms with Crippen LogP contribution >= 0.6 is 11.6 Å². The number of nitrogens with two attached hydrogens (primary N) is 1. The molecule has 94 valence electrons. The van der Waals surface area contributed by atoms with E-state index in [1.807, 2.05) is 24.1 Å². The number of nitrogen functional groups attached to an aromatic ring is 1. The topological polar surface area (TPSA) is 29.3 Å². The average Bonchev–Trinajstić information content (AvgIpc) is 2.34. The maximum Gasteiger partial charge on any atom is 0.123 e. The number of nitrogens with zero attached hydrogens (tertiary/aromatic N) is 1. The minimum absolute atomic E-state index is 0.234. The molecule has 2 rings (SSSR count). The first-order valence-corrected chi connectivity index (χ1v) is 5.94. The summed E-state index contributed by atoms with van der Waals surface area (Å²) in [7, 11) is 1.94. The van der Waals surface area contributed by atoms with Crippen molar-refractivity contribution in [1.82, 2.24) is 0 Å². The van der Waals surface area contributed by atoms with Gasteiger partial charge in [-0.15, -0.1) is 0 Å². The van der Waals surface area contributed by atoms with Crippen LogP contribution in [0.25, 0.3) is 0 Å². The smallest absolute Gasteiger partial charge is 0.123 e. The molecule has 0 bridgehead atoms. The van der Waals surface area contributed by atoms with Crippen molar-refractivity contribution in [3.63, 3.8) is 0 Å². The first-order valence-electron chi connectivity index (χ1n) is 5.57. The van der Waals surface area contributed by atoms with Crippen molar-refractivity contribution in [2.75, 3.05) is 17.7 Å². The van der Waals surface area contributed by atoms with Crippen molar-refractivity contribution >= 4 is 23.0 Å². The van der Waals surface area contributed by atoms with Crippen LogP contribution in [0.1, 0.15) is 5.56 Å². The molecule has 0 radical (unpaired) electrons. The average molecular weight is 265 g/mol.